The maximum Gasteiger partial charge on any atom is 0.227 e. The van der Waals surface area contributed by atoms with Crippen molar-refractivity contribution in [1.82, 2.24) is 14.9 Å². The van der Waals surface area contributed by atoms with Crippen LogP contribution in [0.15, 0.2) is 6.20 Å². The van der Waals surface area contributed by atoms with E-state index in [-0.39, 0.29) is 16.7 Å². The summed E-state index contributed by atoms with van der Waals surface area (Å²) in [5.41, 5.74) is 1.56. The van der Waals surface area contributed by atoms with Crippen molar-refractivity contribution in [2.75, 3.05) is 38.7 Å². The van der Waals surface area contributed by atoms with Crippen molar-refractivity contribution in [1.29, 1.82) is 0 Å². The molecule has 1 amide bonds. The summed E-state index contributed by atoms with van der Waals surface area (Å²) < 4.78 is 5.82. The van der Waals surface area contributed by atoms with Crippen molar-refractivity contribution in [3.05, 3.63) is 17.5 Å². The van der Waals surface area contributed by atoms with Crippen LogP contribution in [0.3, 0.4) is 0 Å². The molecule has 0 radical (unpaired) electrons. The molecule has 1 aromatic rings. The molecule has 2 aliphatic rings. The van der Waals surface area contributed by atoms with Gasteiger partial charge in [-0.3, -0.25) is 4.79 Å². The van der Waals surface area contributed by atoms with Crippen molar-refractivity contribution in [2.45, 2.75) is 39.2 Å². The molecule has 6 heteroatoms. The van der Waals surface area contributed by atoms with E-state index in [1.54, 1.807) is 0 Å². The van der Waals surface area contributed by atoms with Crippen LogP contribution in [-0.4, -0.2) is 54.6 Å². The summed E-state index contributed by atoms with van der Waals surface area (Å²) in [5.74, 6) is 0.911. The van der Waals surface area contributed by atoms with Gasteiger partial charge in [0.2, 0.25) is 11.9 Å². The van der Waals surface area contributed by atoms with E-state index < -0.39 is 0 Å². The summed E-state index contributed by atoms with van der Waals surface area (Å²) in [6.45, 7) is 8.53. The molecule has 2 aliphatic heterocycles. The molecule has 1 fully saturated rings. The predicted molar refractivity (Wildman–Crippen MR) is 88.3 cm³/mol. The number of anilines is 1. The second-order valence-corrected chi connectivity index (χ2v) is 7.94. The van der Waals surface area contributed by atoms with Crippen LogP contribution in [0, 0.1) is 5.41 Å². The van der Waals surface area contributed by atoms with E-state index in [4.69, 9.17) is 9.72 Å². The first kappa shape index (κ1) is 16.2. The Balaban J connectivity index is 1.94. The maximum atomic E-state index is 12.6. The third-order valence-electron chi connectivity index (χ3n) is 4.67. The van der Waals surface area contributed by atoms with E-state index in [0.29, 0.717) is 25.7 Å². The van der Waals surface area contributed by atoms with Gasteiger partial charge in [0.15, 0.2) is 0 Å². The molecule has 1 saturated heterocycles. The summed E-state index contributed by atoms with van der Waals surface area (Å²) in [5, 5.41) is 0. The van der Waals surface area contributed by atoms with Gasteiger partial charge in [0.1, 0.15) is 0 Å². The Morgan fingerprint density at radius 2 is 2.13 bits per heavy atom. The van der Waals surface area contributed by atoms with Crippen molar-refractivity contribution in [2.24, 2.45) is 5.41 Å². The summed E-state index contributed by atoms with van der Waals surface area (Å²) in [4.78, 5) is 25.7. The molecule has 0 unspecified atom stereocenters. The van der Waals surface area contributed by atoms with Gasteiger partial charge in [0.25, 0.3) is 0 Å². The minimum absolute atomic E-state index is 0.192. The molecule has 126 valence electrons. The summed E-state index contributed by atoms with van der Waals surface area (Å²) in [6, 6.07) is 0. The lowest BCUT2D eigenvalue weighted by Gasteiger charge is -2.35. The number of carbonyl (C=O) groups excluding carboxylic acids is 1. The molecule has 3 heterocycles. The third-order valence-corrected chi connectivity index (χ3v) is 4.67. The fourth-order valence-electron chi connectivity index (χ4n) is 3.43. The number of amides is 1. The van der Waals surface area contributed by atoms with Crippen LogP contribution >= 0.6 is 0 Å². The summed E-state index contributed by atoms with van der Waals surface area (Å²) in [7, 11) is 3.88. The lowest BCUT2D eigenvalue weighted by Crippen LogP contribution is -2.44. The number of rotatable bonds is 1. The van der Waals surface area contributed by atoms with E-state index in [1.165, 1.54) is 0 Å². The van der Waals surface area contributed by atoms with Crippen LogP contribution in [0.5, 0.6) is 0 Å². The van der Waals surface area contributed by atoms with Crippen LogP contribution in [0.2, 0.25) is 0 Å². The first-order chi connectivity index (χ1) is 10.7. The third kappa shape index (κ3) is 2.80. The van der Waals surface area contributed by atoms with E-state index in [0.717, 1.165) is 24.2 Å². The number of ether oxygens (including phenoxy) is 1. The standard InChI is InChI=1S/C17H26N4O2/c1-16(2,3)14(22)21-7-6-17(10-21)11-23-9-12-8-18-15(20(4)5)19-13(12)17/h8H,6-7,9-11H2,1-5H3/t17-/m1/s1. The highest BCUT2D eigenvalue weighted by Crippen LogP contribution is 2.40. The van der Waals surface area contributed by atoms with Gasteiger partial charge in [-0.15, -0.1) is 0 Å². The van der Waals surface area contributed by atoms with Gasteiger partial charge in [-0.25, -0.2) is 9.97 Å². The minimum atomic E-state index is -0.357. The quantitative estimate of drug-likeness (QED) is 0.787. The molecule has 1 spiro atoms. The average Bonchev–Trinajstić information content (AvgIpc) is 2.90. The zero-order valence-electron chi connectivity index (χ0n) is 14.7. The summed E-state index contributed by atoms with van der Waals surface area (Å²) in [6.07, 6.45) is 2.76. The Hall–Kier alpha value is -1.69. The zero-order valence-corrected chi connectivity index (χ0v) is 14.7. The number of likely N-dealkylation sites (tertiary alicyclic amines) is 1. The van der Waals surface area contributed by atoms with E-state index in [9.17, 15) is 4.79 Å². The molecule has 0 aromatic carbocycles. The Bertz CT molecular complexity index is 624. The highest BCUT2D eigenvalue weighted by Gasteiger charge is 2.47. The molecule has 1 aromatic heterocycles. The van der Waals surface area contributed by atoms with E-state index in [2.05, 4.69) is 4.98 Å². The van der Waals surface area contributed by atoms with Crippen LogP contribution in [0.25, 0.3) is 0 Å². The van der Waals surface area contributed by atoms with Gasteiger partial charge in [0, 0.05) is 44.4 Å². The van der Waals surface area contributed by atoms with E-state index in [1.807, 2.05) is 50.9 Å². The molecular formula is C17H26N4O2. The van der Waals surface area contributed by atoms with Crippen molar-refractivity contribution >= 4 is 11.9 Å². The van der Waals surface area contributed by atoms with Crippen molar-refractivity contribution in [3.63, 3.8) is 0 Å². The smallest absolute Gasteiger partial charge is 0.227 e. The molecular weight excluding hydrogens is 292 g/mol. The van der Waals surface area contributed by atoms with Crippen LogP contribution in [0.4, 0.5) is 5.95 Å². The molecule has 6 nitrogen and oxygen atoms in total. The highest BCUT2D eigenvalue weighted by atomic mass is 16.5. The Kier molecular flexibility index (Phi) is 3.83. The number of nitrogens with zero attached hydrogens (tertiary/aromatic N) is 4. The second kappa shape index (κ2) is 5.44. The first-order valence-corrected chi connectivity index (χ1v) is 8.14. The SMILES string of the molecule is CN(C)c1ncc2c(n1)[C@@]1(CCN(C(=O)C(C)(C)C)C1)COC2. The normalized spacial score (nSPS) is 24.0. The maximum absolute atomic E-state index is 12.6. The van der Waals surface area contributed by atoms with Crippen molar-refractivity contribution < 1.29 is 9.53 Å². The van der Waals surface area contributed by atoms with Gasteiger partial charge >= 0.3 is 0 Å². The fourth-order valence-corrected chi connectivity index (χ4v) is 3.43. The lowest BCUT2D eigenvalue weighted by molar-refractivity contribution is -0.138. The molecule has 3 rings (SSSR count). The predicted octanol–water partition coefficient (Wildman–Crippen LogP) is 1.59. The first-order valence-electron chi connectivity index (χ1n) is 8.14. The largest absolute Gasteiger partial charge is 0.376 e. The topological polar surface area (TPSA) is 58.6 Å². The van der Waals surface area contributed by atoms with E-state index >= 15 is 0 Å². The number of aromatic nitrogens is 2. The molecule has 1 atom stereocenters. The monoisotopic (exact) mass is 318 g/mol. The van der Waals surface area contributed by atoms with Gasteiger partial charge in [0.05, 0.1) is 24.3 Å². The second-order valence-electron chi connectivity index (χ2n) is 7.94. The zero-order chi connectivity index (χ0) is 16.8. The van der Waals surface area contributed by atoms with Gasteiger partial charge in [-0.05, 0) is 6.42 Å². The number of fused-ring (bicyclic) bond motifs is 2. The van der Waals surface area contributed by atoms with Gasteiger partial charge in [-0.2, -0.15) is 0 Å². The van der Waals surface area contributed by atoms with Crippen molar-refractivity contribution in [3.8, 4) is 0 Å². The Morgan fingerprint density at radius 3 is 2.78 bits per heavy atom. The highest BCUT2D eigenvalue weighted by molar-refractivity contribution is 5.82. The fraction of sp³-hybridized carbons (Fsp3) is 0.706. The molecule has 23 heavy (non-hydrogen) atoms. The van der Waals surface area contributed by atoms with Crippen LogP contribution < -0.4 is 4.90 Å². The number of hydrogen-bond donors (Lipinski definition) is 0. The Morgan fingerprint density at radius 1 is 1.39 bits per heavy atom. The molecule has 0 N–H and O–H groups in total. The molecule has 0 bridgehead atoms. The number of carbonyl (C=O) groups is 1. The summed E-state index contributed by atoms with van der Waals surface area (Å²) >= 11 is 0. The molecule has 0 aliphatic carbocycles. The minimum Gasteiger partial charge on any atom is -0.376 e. The number of hydrogen-bond acceptors (Lipinski definition) is 5. The average molecular weight is 318 g/mol. The van der Waals surface area contributed by atoms with Crippen LogP contribution in [0.1, 0.15) is 38.4 Å². The Labute approximate surface area is 137 Å². The molecule has 0 saturated carbocycles. The van der Waals surface area contributed by atoms with Gasteiger partial charge in [-0.1, -0.05) is 20.8 Å². The lowest BCUT2D eigenvalue weighted by atomic mass is 9.80. The van der Waals surface area contributed by atoms with Gasteiger partial charge < -0.3 is 14.5 Å². The van der Waals surface area contributed by atoms with Crippen LogP contribution in [-0.2, 0) is 21.6 Å².